The molecular formula is C20H20N2. The molecule has 2 aromatic carbocycles. The molecule has 0 aromatic heterocycles. The highest BCUT2D eigenvalue weighted by Crippen LogP contribution is 2.46. The molecule has 2 aromatic rings. The van der Waals surface area contributed by atoms with Gasteiger partial charge in [0.2, 0.25) is 0 Å². The number of benzene rings is 2. The van der Waals surface area contributed by atoms with E-state index in [1.807, 2.05) is 48.5 Å². The third-order valence-corrected chi connectivity index (χ3v) is 4.68. The predicted molar refractivity (Wildman–Crippen MR) is 88.2 cm³/mol. The second kappa shape index (κ2) is 5.66. The van der Waals surface area contributed by atoms with E-state index in [-0.39, 0.29) is 10.8 Å². The second-order valence-corrected chi connectivity index (χ2v) is 6.75. The molecule has 0 N–H and O–H groups in total. The van der Waals surface area contributed by atoms with Crippen molar-refractivity contribution in [1.29, 1.82) is 10.5 Å². The van der Waals surface area contributed by atoms with Crippen LogP contribution in [0.4, 0.5) is 0 Å². The fourth-order valence-electron chi connectivity index (χ4n) is 2.79. The number of hydrogen-bond acceptors (Lipinski definition) is 2. The van der Waals surface area contributed by atoms with Crippen molar-refractivity contribution >= 4 is 0 Å². The van der Waals surface area contributed by atoms with Crippen LogP contribution < -0.4 is 0 Å². The summed E-state index contributed by atoms with van der Waals surface area (Å²) in [5.41, 5.74) is 3.44. The zero-order valence-corrected chi connectivity index (χ0v) is 13.5. The lowest BCUT2D eigenvalue weighted by Gasteiger charge is -2.43. The summed E-state index contributed by atoms with van der Waals surface area (Å²) in [6.07, 6.45) is 0. The van der Waals surface area contributed by atoms with Crippen molar-refractivity contribution in [3.8, 4) is 12.1 Å². The zero-order chi connectivity index (χ0) is 16.4. The molecule has 0 aliphatic rings. The molecule has 0 fully saturated rings. The van der Waals surface area contributed by atoms with Gasteiger partial charge < -0.3 is 0 Å². The molecule has 0 bridgehead atoms. The quantitative estimate of drug-likeness (QED) is 0.798. The third-order valence-electron chi connectivity index (χ3n) is 4.68. The Balaban J connectivity index is 2.61. The highest BCUT2D eigenvalue weighted by Gasteiger charge is 2.40. The molecule has 0 radical (unpaired) electrons. The van der Waals surface area contributed by atoms with E-state index in [1.54, 1.807) is 0 Å². The van der Waals surface area contributed by atoms with Crippen LogP contribution in [0.15, 0.2) is 48.5 Å². The van der Waals surface area contributed by atoms with Crippen molar-refractivity contribution in [3.63, 3.8) is 0 Å². The summed E-state index contributed by atoms with van der Waals surface area (Å²) in [5, 5.41) is 18.0. The molecule has 0 saturated heterocycles. The van der Waals surface area contributed by atoms with Gasteiger partial charge >= 0.3 is 0 Å². The van der Waals surface area contributed by atoms with Crippen molar-refractivity contribution in [3.05, 3.63) is 70.8 Å². The first-order chi connectivity index (χ1) is 10.3. The summed E-state index contributed by atoms with van der Waals surface area (Å²) in [6, 6.07) is 19.9. The Morgan fingerprint density at radius 1 is 0.636 bits per heavy atom. The highest BCUT2D eigenvalue weighted by molar-refractivity contribution is 5.45. The molecular weight excluding hydrogens is 268 g/mol. The molecule has 2 heteroatoms. The van der Waals surface area contributed by atoms with Crippen LogP contribution in [-0.4, -0.2) is 0 Å². The van der Waals surface area contributed by atoms with E-state index in [0.717, 1.165) is 0 Å². The van der Waals surface area contributed by atoms with Gasteiger partial charge in [-0.2, -0.15) is 10.5 Å². The van der Waals surface area contributed by atoms with E-state index < -0.39 is 0 Å². The standard InChI is InChI=1S/C20H20N2/c1-19(2,3)20(4,17-9-5-15(13-21)6-10-17)18-11-7-16(14-22)8-12-18/h5-12H,1-4H3. The van der Waals surface area contributed by atoms with Crippen LogP contribution in [0.2, 0.25) is 0 Å². The summed E-state index contributed by atoms with van der Waals surface area (Å²) in [5.74, 6) is 0. The molecule has 110 valence electrons. The SMILES string of the molecule is CC(C)(C)C(C)(c1ccc(C#N)cc1)c1ccc(C#N)cc1. The minimum Gasteiger partial charge on any atom is -0.192 e. The number of hydrogen-bond donors (Lipinski definition) is 0. The Kier molecular flexibility index (Phi) is 4.07. The van der Waals surface area contributed by atoms with E-state index in [4.69, 9.17) is 10.5 Å². The molecule has 0 aliphatic carbocycles. The molecule has 22 heavy (non-hydrogen) atoms. The first-order valence-corrected chi connectivity index (χ1v) is 7.34. The molecule has 0 saturated carbocycles. The molecule has 2 rings (SSSR count). The van der Waals surface area contributed by atoms with Gasteiger partial charge in [-0.3, -0.25) is 0 Å². The molecule has 0 aliphatic heterocycles. The lowest BCUT2D eigenvalue weighted by atomic mass is 9.60. The first kappa shape index (κ1) is 15.8. The Morgan fingerprint density at radius 2 is 0.955 bits per heavy atom. The maximum absolute atomic E-state index is 8.99. The lowest BCUT2D eigenvalue weighted by molar-refractivity contribution is 0.249. The van der Waals surface area contributed by atoms with Crippen LogP contribution >= 0.6 is 0 Å². The van der Waals surface area contributed by atoms with Gasteiger partial charge in [0.05, 0.1) is 23.3 Å². The van der Waals surface area contributed by atoms with Crippen LogP contribution in [0.5, 0.6) is 0 Å². The van der Waals surface area contributed by atoms with Gasteiger partial charge in [0.1, 0.15) is 0 Å². The summed E-state index contributed by atoms with van der Waals surface area (Å²) < 4.78 is 0. The van der Waals surface area contributed by atoms with Crippen LogP contribution in [-0.2, 0) is 5.41 Å². The summed E-state index contributed by atoms with van der Waals surface area (Å²) in [7, 11) is 0. The maximum atomic E-state index is 8.99. The Labute approximate surface area is 132 Å². The van der Waals surface area contributed by atoms with Gasteiger partial charge in [0, 0.05) is 5.41 Å². The van der Waals surface area contributed by atoms with E-state index >= 15 is 0 Å². The average molecular weight is 288 g/mol. The lowest BCUT2D eigenvalue weighted by Crippen LogP contribution is -2.38. The van der Waals surface area contributed by atoms with Crippen molar-refractivity contribution < 1.29 is 0 Å². The minimum atomic E-state index is -0.213. The van der Waals surface area contributed by atoms with Gasteiger partial charge in [0.15, 0.2) is 0 Å². The van der Waals surface area contributed by atoms with E-state index in [9.17, 15) is 0 Å². The fraction of sp³-hybridized carbons (Fsp3) is 0.300. The van der Waals surface area contributed by atoms with Crippen molar-refractivity contribution in [1.82, 2.24) is 0 Å². The van der Waals surface area contributed by atoms with Gasteiger partial charge in [-0.25, -0.2) is 0 Å². The molecule has 2 nitrogen and oxygen atoms in total. The number of nitriles is 2. The molecule has 0 heterocycles. The normalized spacial score (nSPS) is 11.5. The summed E-state index contributed by atoms with van der Waals surface area (Å²) in [6.45, 7) is 8.85. The van der Waals surface area contributed by atoms with Gasteiger partial charge in [-0.1, -0.05) is 52.0 Å². The fourth-order valence-corrected chi connectivity index (χ4v) is 2.79. The average Bonchev–Trinajstić information content (AvgIpc) is 2.53. The van der Waals surface area contributed by atoms with Crippen LogP contribution in [0.25, 0.3) is 0 Å². The monoisotopic (exact) mass is 288 g/mol. The van der Waals surface area contributed by atoms with Gasteiger partial charge in [0.25, 0.3) is 0 Å². The van der Waals surface area contributed by atoms with E-state index in [2.05, 4.69) is 39.8 Å². The summed E-state index contributed by atoms with van der Waals surface area (Å²) in [4.78, 5) is 0. The molecule has 0 unspecified atom stereocenters. The van der Waals surface area contributed by atoms with Crippen molar-refractivity contribution in [2.24, 2.45) is 5.41 Å². The third kappa shape index (κ3) is 2.61. The number of nitrogens with zero attached hydrogens (tertiary/aromatic N) is 2. The zero-order valence-electron chi connectivity index (χ0n) is 13.5. The van der Waals surface area contributed by atoms with Gasteiger partial charge in [-0.15, -0.1) is 0 Å². The van der Waals surface area contributed by atoms with Crippen molar-refractivity contribution in [2.45, 2.75) is 33.1 Å². The Morgan fingerprint density at radius 3 is 1.18 bits per heavy atom. The smallest absolute Gasteiger partial charge is 0.0991 e. The molecule has 0 atom stereocenters. The Bertz CT molecular complexity index is 675. The predicted octanol–water partition coefficient (Wildman–Crippen LogP) is 4.78. The molecule has 0 amide bonds. The number of rotatable bonds is 2. The Hall–Kier alpha value is -2.58. The maximum Gasteiger partial charge on any atom is 0.0991 e. The first-order valence-electron chi connectivity index (χ1n) is 7.34. The van der Waals surface area contributed by atoms with E-state index in [1.165, 1.54) is 11.1 Å². The summed E-state index contributed by atoms with van der Waals surface area (Å²) >= 11 is 0. The topological polar surface area (TPSA) is 47.6 Å². The second-order valence-electron chi connectivity index (χ2n) is 6.75. The van der Waals surface area contributed by atoms with Crippen LogP contribution in [0.3, 0.4) is 0 Å². The largest absolute Gasteiger partial charge is 0.192 e. The van der Waals surface area contributed by atoms with Crippen LogP contribution in [0.1, 0.15) is 49.9 Å². The highest BCUT2D eigenvalue weighted by atomic mass is 14.4. The van der Waals surface area contributed by atoms with E-state index in [0.29, 0.717) is 11.1 Å². The molecule has 0 spiro atoms. The van der Waals surface area contributed by atoms with Crippen LogP contribution in [0, 0.1) is 28.1 Å². The van der Waals surface area contributed by atoms with Crippen molar-refractivity contribution in [2.75, 3.05) is 0 Å². The minimum absolute atomic E-state index is 0.0185. The van der Waals surface area contributed by atoms with Gasteiger partial charge in [-0.05, 0) is 40.8 Å².